The first-order valence-electron chi connectivity index (χ1n) is 9.10. The summed E-state index contributed by atoms with van der Waals surface area (Å²) in [6, 6.07) is 4.17. The van der Waals surface area contributed by atoms with Crippen LogP contribution < -0.4 is 10.6 Å². The van der Waals surface area contributed by atoms with Crippen molar-refractivity contribution in [1.82, 2.24) is 14.9 Å². The van der Waals surface area contributed by atoms with E-state index in [0.717, 1.165) is 32.1 Å². The lowest BCUT2D eigenvalue weighted by Crippen LogP contribution is -2.40. The molecule has 0 saturated heterocycles. The summed E-state index contributed by atoms with van der Waals surface area (Å²) in [7, 11) is 0. The van der Waals surface area contributed by atoms with Gasteiger partial charge in [0.05, 0.1) is 15.6 Å². The minimum Gasteiger partial charge on any atom is -0.308 e. The Morgan fingerprint density at radius 1 is 1.00 bits per heavy atom. The number of halogens is 1. The lowest BCUT2D eigenvalue weighted by atomic mass is 9.94. The number of fused-ring (bicyclic) bond motifs is 1. The number of anilines is 2. The molecule has 1 aromatic carbocycles. The summed E-state index contributed by atoms with van der Waals surface area (Å²) in [5.74, 6) is -0.380. The molecule has 1 fully saturated rings. The Balaban J connectivity index is 1.48. The Kier molecular flexibility index (Phi) is 5.08. The highest BCUT2D eigenvalue weighted by molar-refractivity contribution is 9.10. The number of hydrogen-bond acceptors (Lipinski definition) is 5. The number of urea groups is 1. The van der Waals surface area contributed by atoms with Gasteiger partial charge in [-0.2, -0.15) is 0 Å². The van der Waals surface area contributed by atoms with Gasteiger partial charge in [-0.1, -0.05) is 19.3 Å². The third kappa shape index (κ3) is 3.62. The Morgan fingerprint density at radius 2 is 1.68 bits per heavy atom. The quantitative estimate of drug-likeness (QED) is 0.701. The molecule has 2 N–H and O–H groups in total. The van der Waals surface area contributed by atoms with Crippen LogP contribution in [0, 0.1) is 0 Å². The Hall–Kier alpha value is -2.81. The van der Waals surface area contributed by atoms with Gasteiger partial charge >= 0.3 is 6.03 Å². The number of amides is 4. The molecule has 2 aliphatic rings. The molecule has 2 aromatic rings. The van der Waals surface area contributed by atoms with E-state index >= 15 is 0 Å². The fraction of sp³-hybridized carbons (Fsp3) is 0.316. The van der Waals surface area contributed by atoms with Crippen LogP contribution in [0.15, 0.2) is 35.1 Å². The van der Waals surface area contributed by atoms with E-state index in [1.54, 1.807) is 18.2 Å². The first-order chi connectivity index (χ1) is 13.5. The maximum absolute atomic E-state index is 12.8. The molecule has 0 spiro atoms. The second-order valence-corrected chi connectivity index (χ2v) is 7.75. The Morgan fingerprint density at radius 3 is 2.39 bits per heavy atom. The van der Waals surface area contributed by atoms with E-state index in [-0.39, 0.29) is 23.8 Å². The van der Waals surface area contributed by atoms with Gasteiger partial charge in [-0.05, 0) is 47.0 Å². The van der Waals surface area contributed by atoms with Crippen LogP contribution in [0.25, 0.3) is 0 Å². The van der Waals surface area contributed by atoms with Crippen molar-refractivity contribution in [2.45, 2.75) is 38.1 Å². The van der Waals surface area contributed by atoms with Crippen LogP contribution in [0.1, 0.15) is 52.8 Å². The largest absolute Gasteiger partial charge is 0.326 e. The van der Waals surface area contributed by atoms with Crippen molar-refractivity contribution in [3.05, 3.63) is 46.2 Å². The van der Waals surface area contributed by atoms with Gasteiger partial charge in [0, 0.05) is 24.1 Å². The molecule has 28 heavy (non-hydrogen) atoms. The van der Waals surface area contributed by atoms with E-state index in [1.807, 2.05) is 0 Å². The molecule has 1 aliphatic carbocycles. The van der Waals surface area contributed by atoms with Gasteiger partial charge in [0.2, 0.25) is 5.95 Å². The number of carbonyl (C=O) groups is 3. The monoisotopic (exact) mass is 443 g/mol. The smallest absolute Gasteiger partial charge is 0.308 e. The van der Waals surface area contributed by atoms with Gasteiger partial charge in [-0.25, -0.2) is 14.8 Å². The van der Waals surface area contributed by atoms with E-state index in [4.69, 9.17) is 0 Å². The van der Waals surface area contributed by atoms with E-state index in [0.29, 0.717) is 21.3 Å². The van der Waals surface area contributed by atoms with Gasteiger partial charge < -0.3 is 5.32 Å². The number of aromatic nitrogens is 2. The summed E-state index contributed by atoms with van der Waals surface area (Å²) in [6.45, 7) is 0. The topological polar surface area (TPSA) is 104 Å². The van der Waals surface area contributed by atoms with Crippen molar-refractivity contribution in [3.63, 3.8) is 0 Å². The van der Waals surface area contributed by atoms with Gasteiger partial charge in [0.1, 0.15) is 0 Å². The van der Waals surface area contributed by atoms with E-state index in [2.05, 4.69) is 36.5 Å². The zero-order valence-corrected chi connectivity index (χ0v) is 16.5. The predicted octanol–water partition coefficient (Wildman–Crippen LogP) is 3.81. The molecule has 9 heteroatoms. The van der Waals surface area contributed by atoms with Crippen molar-refractivity contribution in [3.8, 4) is 0 Å². The van der Waals surface area contributed by atoms with Crippen molar-refractivity contribution < 1.29 is 14.4 Å². The normalized spacial score (nSPS) is 16.8. The average Bonchev–Trinajstić information content (AvgIpc) is 2.94. The average molecular weight is 444 g/mol. The van der Waals surface area contributed by atoms with Crippen LogP contribution in [0.3, 0.4) is 0 Å². The van der Waals surface area contributed by atoms with Crippen LogP contribution >= 0.6 is 15.9 Å². The number of benzene rings is 1. The maximum atomic E-state index is 12.8. The van der Waals surface area contributed by atoms with Crippen LogP contribution in [0.4, 0.5) is 16.4 Å². The minimum atomic E-state index is -0.539. The summed E-state index contributed by atoms with van der Waals surface area (Å²) < 4.78 is 0.697. The fourth-order valence-electron chi connectivity index (χ4n) is 3.65. The third-order valence-electron chi connectivity index (χ3n) is 4.96. The van der Waals surface area contributed by atoms with Crippen LogP contribution in [0.2, 0.25) is 0 Å². The zero-order valence-electron chi connectivity index (χ0n) is 14.9. The molecule has 0 unspecified atom stereocenters. The Labute approximate surface area is 169 Å². The summed E-state index contributed by atoms with van der Waals surface area (Å²) >= 11 is 3.22. The second-order valence-electron chi connectivity index (χ2n) is 6.84. The molecule has 1 aromatic heterocycles. The molecule has 2 heterocycles. The molecule has 0 atom stereocenters. The van der Waals surface area contributed by atoms with Gasteiger partial charge in [0.15, 0.2) is 0 Å². The first kappa shape index (κ1) is 18.5. The van der Waals surface area contributed by atoms with Crippen LogP contribution in [0.5, 0.6) is 0 Å². The predicted molar refractivity (Wildman–Crippen MR) is 106 cm³/mol. The molecule has 4 rings (SSSR count). The van der Waals surface area contributed by atoms with Crippen molar-refractivity contribution in [1.29, 1.82) is 0 Å². The van der Waals surface area contributed by atoms with E-state index < -0.39 is 6.03 Å². The summed E-state index contributed by atoms with van der Waals surface area (Å²) in [6.07, 6.45) is 7.94. The van der Waals surface area contributed by atoms with Crippen molar-refractivity contribution >= 4 is 45.4 Å². The maximum Gasteiger partial charge on any atom is 0.326 e. The number of rotatable bonds is 3. The standard InChI is InChI=1S/C19H18BrN5O3/c20-11-9-21-18(22-10-11)24-19(28)23-12-6-7-14-15(8-12)17(27)25(16(14)26)13-4-2-1-3-5-13/h6-10,13H,1-5H2,(H2,21,22,23,24,28). The molecular weight excluding hydrogens is 426 g/mol. The van der Waals surface area contributed by atoms with Crippen molar-refractivity contribution in [2.24, 2.45) is 0 Å². The molecule has 1 saturated carbocycles. The number of imide groups is 1. The lowest BCUT2D eigenvalue weighted by Gasteiger charge is -2.29. The molecular formula is C19H18BrN5O3. The summed E-state index contributed by atoms with van der Waals surface area (Å²) in [5.41, 5.74) is 1.13. The molecule has 4 amide bonds. The number of hydrogen-bond donors (Lipinski definition) is 2. The third-order valence-corrected chi connectivity index (χ3v) is 5.37. The first-order valence-corrected chi connectivity index (χ1v) is 9.90. The fourth-order valence-corrected chi connectivity index (χ4v) is 3.85. The molecule has 1 aliphatic heterocycles. The van der Waals surface area contributed by atoms with Gasteiger partial charge in [-0.15, -0.1) is 0 Å². The number of carbonyl (C=O) groups excluding carboxylic acids is 3. The van der Waals surface area contributed by atoms with Gasteiger partial charge in [-0.3, -0.25) is 19.8 Å². The second kappa shape index (κ2) is 7.67. The number of nitrogens with zero attached hydrogens (tertiary/aromatic N) is 3. The molecule has 0 radical (unpaired) electrons. The summed E-state index contributed by atoms with van der Waals surface area (Å²) in [5, 5.41) is 5.15. The van der Waals surface area contributed by atoms with Crippen LogP contribution in [-0.4, -0.2) is 38.8 Å². The van der Waals surface area contributed by atoms with Gasteiger partial charge in [0.25, 0.3) is 11.8 Å². The highest BCUT2D eigenvalue weighted by Crippen LogP contribution is 2.32. The SMILES string of the molecule is O=C(Nc1ccc2c(c1)C(=O)N(C1CCCCC1)C2=O)Nc1ncc(Br)cn1. The minimum absolute atomic E-state index is 0.0320. The highest BCUT2D eigenvalue weighted by Gasteiger charge is 2.40. The summed E-state index contributed by atoms with van der Waals surface area (Å²) in [4.78, 5) is 47.0. The molecule has 0 bridgehead atoms. The van der Waals surface area contributed by atoms with E-state index in [9.17, 15) is 14.4 Å². The van der Waals surface area contributed by atoms with Crippen molar-refractivity contribution in [2.75, 3.05) is 10.6 Å². The highest BCUT2D eigenvalue weighted by atomic mass is 79.9. The van der Waals surface area contributed by atoms with E-state index in [1.165, 1.54) is 17.3 Å². The molecule has 8 nitrogen and oxygen atoms in total. The number of nitrogens with one attached hydrogen (secondary N) is 2. The lowest BCUT2D eigenvalue weighted by molar-refractivity contribution is 0.0549. The van der Waals surface area contributed by atoms with Crippen LogP contribution in [-0.2, 0) is 0 Å². The molecule has 144 valence electrons. The Bertz CT molecular complexity index is 941. The zero-order chi connectivity index (χ0) is 19.7.